The van der Waals surface area contributed by atoms with Crippen LogP contribution in [0.3, 0.4) is 0 Å². The van der Waals surface area contributed by atoms with Crippen molar-refractivity contribution in [3.8, 4) is 0 Å². The lowest BCUT2D eigenvalue weighted by atomic mass is 9.73. The van der Waals surface area contributed by atoms with Crippen LogP contribution in [-0.2, 0) is 19.7 Å². The fourth-order valence-corrected chi connectivity index (χ4v) is 5.00. The molecule has 1 saturated heterocycles. The van der Waals surface area contributed by atoms with Crippen LogP contribution in [0.15, 0.2) is 24.3 Å². The van der Waals surface area contributed by atoms with Crippen molar-refractivity contribution >= 4 is 11.8 Å². The summed E-state index contributed by atoms with van der Waals surface area (Å²) in [7, 11) is 1.56. The number of nitrogens with zero attached hydrogens (tertiary/aromatic N) is 2. The van der Waals surface area contributed by atoms with Crippen LogP contribution in [0.1, 0.15) is 56.6 Å². The molecule has 0 N–H and O–H groups in total. The molecule has 1 spiro atoms. The number of amides is 2. The van der Waals surface area contributed by atoms with Crippen molar-refractivity contribution < 1.29 is 14.3 Å². The molecule has 148 valence electrons. The van der Waals surface area contributed by atoms with Crippen LogP contribution >= 0.6 is 0 Å². The molecule has 1 fully saturated rings. The summed E-state index contributed by atoms with van der Waals surface area (Å²) in [6.45, 7) is 7.32. The molecule has 0 saturated carbocycles. The zero-order valence-corrected chi connectivity index (χ0v) is 16.9. The van der Waals surface area contributed by atoms with Crippen LogP contribution in [-0.4, -0.2) is 61.5 Å². The first-order valence-corrected chi connectivity index (χ1v) is 10.2. The molecule has 1 aliphatic carbocycles. The monoisotopic (exact) mass is 372 g/mol. The van der Waals surface area contributed by atoms with E-state index in [9.17, 15) is 9.59 Å². The topological polar surface area (TPSA) is 49.9 Å². The van der Waals surface area contributed by atoms with E-state index in [2.05, 4.69) is 24.3 Å². The van der Waals surface area contributed by atoms with Crippen molar-refractivity contribution in [1.29, 1.82) is 0 Å². The molecule has 27 heavy (non-hydrogen) atoms. The summed E-state index contributed by atoms with van der Waals surface area (Å²) in [5, 5.41) is 0. The van der Waals surface area contributed by atoms with Gasteiger partial charge in [-0.05, 0) is 55.6 Å². The number of carbonyl (C=O) groups is 2. The largest absolute Gasteiger partial charge is 0.375 e. The third kappa shape index (κ3) is 3.88. The highest BCUT2D eigenvalue weighted by Crippen LogP contribution is 2.52. The second kappa shape index (κ2) is 8.42. The van der Waals surface area contributed by atoms with Gasteiger partial charge in [-0.3, -0.25) is 9.59 Å². The number of benzene rings is 1. The molecular weight excluding hydrogens is 340 g/mol. The minimum Gasteiger partial charge on any atom is -0.375 e. The smallest absolute Gasteiger partial charge is 0.248 e. The highest BCUT2D eigenvalue weighted by atomic mass is 16.5. The van der Waals surface area contributed by atoms with Crippen LogP contribution in [0.4, 0.5) is 0 Å². The summed E-state index contributed by atoms with van der Waals surface area (Å²) < 4.78 is 5.00. The lowest BCUT2D eigenvalue weighted by Gasteiger charge is -2.40. The van der Waals surface area contributed by atoms with Gasteiger partial charge in [0.25, 0.3) is 0 Å². The minimum absolute atomic E-state index is 0.0758. The van der Waals surface area contributed by atoms with Gasteiger partial charge in [0, 0.05) is 39.7 Å². The Morgan fingerprint density at radius 3 is 2.48 bits per heavy atom. The second-order valence-electron chi connectivity index (χ2n) is 7.85. The molecule has 2 amide bonds. The number of fused-ring (bicyclic) bond motifs is 2. The number of methoxy groups -OCH3 is 1. The van der Waals surface area contributed by atoms with Gasteiger partial charge in [0.15, 0.2) is 0 Å². The van der Waals surface area contributed by atoms with Crippen molar-refractivity contribution in [2.75, 3.05) is 39.9 Å². The van der Waals surface area contributed by atoms with Crippen LogP contribution < -0.4 is 0 Å². The maximum atomic E-state index is 12.7. The summed E-state index contributed by atoms with van der Waals surface area (Å²) in [4.78, 5) is 28.7. The van der Waals surface area contributed by atoms with Gasteiger partial charge in [-0.1, -0.05) is 24.3 Å². The second-order valence-corrected chi connectivity index (χ2v) is 7.85. The fourth-order valence-electron chi connectivity index (χ4n) is 5.00. The van der Waals surface area contributed by atoms with Crippen molar-refractivity contribution in [3.63, 3.8) is 0 Å². The molecule has 1 heterocycles. The van der Waals surface area contributed by atoms with Gasteiger partial charge in [-0.25, -0.2) is 0 Å². The number of hydrogen-bond acceptors (Lipinski definition) is 3. The molecule has 5 nitrogen and oxygen atoms in total. The van der Waals surface area contributed by atoms with E-state index in [0.717, 1.165) is 45.4 Å². The highest BCUT2D eigenvalue weighted by Gasteiger charge is 2.46. The van der Waals surface area contributed by atoms with E-state index in [-0.39, 0.29) is 29.8 Å². The number of carbonyl (C=O) groups excluding carboxylic acids is 2. The Kier molecular flexibility index (Phi) is 6.20. The lowest BCUT2D eigenvalue weighted by Crippen LogP contribution is -2.45. The van der Waals surface area contributed by atoms with Gasteiger partial charge in [0.1, 0.15) is 6.61 Å². The first-order valence-electron chi connectivity index (χ1n) is 10.2. The van der Waals surface area contributed by atoms with E-state index in [4.69, 9.17) is 4.74 Å². The number of likely N-dealkylation sites (tertiary alicyclic amines) is 1. The summed E-state index contributed by atoms with van der Waals surface area (Å²) in [5.41, 5.74) is 2.85. The summed E-state index contributed by atoms with van der Waals surface area (Å²) >= 11 is 0. The van der Waals surface area contributed by atoms with Gasteiger partial charge in [-0.15, -0.1) is 0 Å². The van der Waals surface area contributed by atoms with Gasteiger partial charge in [0.05, 0.1) is 0 Å². The zero-order valence-electron chi connectivity index (χ0n) is 16.9. The summed E-state index contributed by atoms with van der Waals surface area (Å²) in [6.07, 6.45) is 3.54. The molecule has 0 unspecified atom stereocenters. The molecule has 3 rings (SSSR count). The normalized spacial score (nSPS) is 20.6. The Morgan fingerprint density at radius 2 is 1.85 bits per heavy atom. The highest BCUT2D eigenvalue weighted by molar-refractivity contribution is 5.78. The van der Waals surface area contributed by atoms with Crippen molar-refractivity contribution in [2.24, 2.45) is 0 Å². The van der Waals surface area contributed by atoms with Crippen molar-refractivity contribution in [3.05, 3.63) is 35.4 Å². The Labute approximate surface area is 162 Å². The Balaban J connectivity index is 1.76. The maximum Gasteiger partial charge on any atom is 0.248 e. The molecule has 0 bridgehead atoms. The number of ether oxygens (including phenoxy) is 1. The predicted molar refractivity (Wildman–Crippen MR) is 106 cm³/mol. The molecule has 0 radical (unpaired) electrons. The molecule has 1 aliphatic heterocycles. The third-order valence-corrected chi connectivity index (χ3v) is 6.49. The van der Waals surface area contributed by atoms with Gasteiger partial charge in [0.2, 0.25) is 11.8 Å². The Hall–Kier alpha value is -1.88. The van der Waals surface area contributed by atoms with Gasteiger partial charge < -0.3 is 14.5 Å². The SMILES string of the molecule is CCN(CC)C(=O)C[C@@H]1CC2(CCN(C(=O)COC)CC2)c2ccccc21. The molecule has 5 heteroatoms. The van der Waals surface area contributed by atoms with E-state index in [1.54, 1.807) is 7.11 Å². The fraction of sp³-hybridized carbons (Fsp3) is 0.636. The molecule has 2 aliphatic rings. The number of rotatable bonds is 6. The van der Waals surface area contributed by atoms with Crippen molar-refractivity contribution in [2.45, 2.75) is 50.9 Å². The van der Waals surface area contributed by atoms with E-state index in [1.165, 1.54) is 11.1 Å². The molecule has 0 aromatic heterocycles. The standard InChI is InChI=1S/C22H32N2O3/c1-4-23(5-2)20(25)14-17-15-22(19-9-7-6-8-18(17)19)10-12-24(13-11-22)21(26)16-27-3/h6-9,17H,4-5,10-16H2,1-3H3/t17-/m1/s1. The van der Waals surface area contributed by atoms with Crippen LogP contribution in [0.2, 0.25) is 0 Å². The molecule has 1 aromatic rings. The van der Waals surface area contributed by atoms with E-state index < -0.39 is 0 Å². The van der Waals surface area contributed by atoms with E-state index in [0.29, 0.717) is 6.42 Å². The quantitative estimate of drug-likeness (QED) is 0.771. The Morgan fingerprint density at radius 1 is 1.19 bits per heavy atom. The predicted octanol–water partition coefficient (Wildman–Crippen LogP) is 2.94. The van der Waals surface area contributed by atoms with Crippen LogP contribution in [0.25, 0.3) is 0 Å². The summed E-state index contributed by atoms with van der Waals surface area (Å²) in [6, 6.07) is 8.64. The molecule has 1 aromatic carbocycles. The number of hydrogen-bond donors (Lipinski definition) is 0. The molecule has 1 atom stereocenters. The van der Waals surface area contributed by atoms with Gasteiger partial charge in [-0.2, -0.15) is 0 Å². The van der Waals surface area contributed by atoms with E-state index >= 15 is 0 Å². The van der Waals surface area contributed by atoms with Crippen molar-refractivity contribution in [1.82, 2.24) is 9.80 Å². The lowest BCUT2D eigenvalue weighted by molar-refractivity contribution is -0.136. The zero-order chi connectivity index (χ0) is 19.4. The third-order valence-electron chi connectivity index (χ3n) is 6.49. The number of piperidine rings is 1. The van der Waals surface area contributed by atoms with Crippen LogP contribution in [0.5, 0.6) is 0 Å². The average Bonchev–Trinajstić information content (AvgIpc) is 2.97. The first-order chi connectivity index (χ1) is 13.0. The van der Waals surface area contributed by atoms with Gasteiger partial charge >= 0.3 is 0 Å². The maximum absolute atomic E-state index is 12.7. The summed E-state index contributed by atoms with van der Waals surface area (Å²) in [5.74, 6) is 0.618. The van der Waals surface area contributed by atoms with Crippen LogP contribution in [0, 0.1) is 0 Å². The van der Waals surface area contributed by atoms with E-state index in [1.807, 2.05) is 23.6 Å². The average molecular weight is 373 g/mol. The Bertz CT molecular complexity index is 676. The minimum atomic E-state index is 0.0758. The molecular formula is C22H32N2O3. The first kappa shape index (κ1) is 19.9.